The van der Waals surface area contributed by atoms with E-state index in [1.165, 1.54) is 4.68 Å². The summed E-state index contributed by atoms with van der Waals surface area (Å²) in [5, 5.41) is 4.19. The van der Waals surface area contributed by atoms with Crippen molar-refractivity contribution in [2.75, 3.05) is 6.61 Å². The third kappa shape index (κ3) is 3.31. The maximum atomic E-state index is 12.3. The molecule has 0 aliphatic heterocycles. The van der Waals surface area contributed by atoms with Crippen molar-refractivity contribution in [1.29, 1.82) is 0 Å². The highest BCUT2D eigenvalue weighted by Crippen LogP contribution is 2.29. The Labute approximate surface area is 135 Å². The van der Waals surface area contributed by atoms with E-state index in [1.54, 1.807) is 0 Å². The Hall–Kier alpha value is -2.88. The number of aryl methyl sites for hydroxylation is 2. The van der Waals surface area contributed by atoms with Crippen LogP contribution in [0.5, 0.6) is 5.75 Å². The van der Waals surface area contributed by atoms with E-state index >= 15 is 0 Å². The van der Waals surface area contributed by atoms with Crippen LogP contribution in [0.25, 0.3) is 11.1 Å². The molecule has 3 rings (SSSR count). The standard InChI is InChI=1S/C19H18N2O2/c1-14-12-15(2)21(20-14)19(22)13-23-18-11-7-6-10-17(18)16-8-4-3-5-9-16/h3-12H,13H2,1-2H3. The molecule has 3 aromatic rings. The number of carbonyl (C=O) groups is 1. The Bertz CT molecular complexity index is 822. The van der Waals surface area contributed by atoms with E-state index in [0.717, 1.165) is 22.5 Å². The van der Waals surface area contributed by atoms with Gasteiger partial charge in [0.1, 0.15) is 5.75 Å². The van der Waals surface area contributed by atoms with Crippen molar-refractivity contribution in [2.24, 2.45) is 0 Å². The molecule has 0 N–H and O–H groups in total. The Kier molecular flexibility index (Phi) is 4.24. The fourth-order valence-electron chi connectivity index (χ4n) is 2.53. The lowest BCUT2D eigenvalue weighted by Crippen LogP contribution is -2.21. The first-order valence-corrected chi connectivity index (χ1v) is 7.49. The van der Waals surface area contributed by atoms with Gasteiger partial charge in [0.15, 0.2) is 6.61 Å². The second kappa shape index (κ2) is 6.48. The average Bonchev–Trinajstić information content (AvgIpc) is 2.92. The number of hydrogen-bond acceptors (Lipinski definition) is 3. The first-order valence-electron chi connectivity index (χ1n) is 7.49. The van der Waals surface area contributed by atoms with Crippen LogP contribution < -0.4 is 4.74 Å². The monoisotopic (exact) mass is 306 g/mol. The molecule has 0 amide bonds. The number of hydrogen-bond donors (Lipinski definition) is 0. The van der Waals surface area contributed by atoms with E-state index in [-0.39, 0.29) is 12.5 Å². The van der Waals surface area contributed by atoms with Gasteiger partial charge in [0, 0.05) is 11.3 Å². The van der Waals surface area contributed by atoms with Crippen molar-refractivity contribution in [1.82, 2.24) is 9.78 Å². The Morgan fingerprint density at radius 2 is 1.74 bits per heavy atom. The highest BCUT2D eigenvalue weighted by Gasteiger charge is 2.12. The van der Waals surface area contributed by atoms with Crippen LogP contribution in [0.3, 0.4) is 0 Å². The third-order valence-electron chi connectivity index (χ3n) is 3.57. The molecule has 4 heteroatoms. The highest BCUT2D eigenvalue weighted by atomic mass is 16.5. The molecule has 4 nitrogen and oxygen atoms in total. The van der Waals surface area contributed by atoms with Crippen LogP contribution in [0.2, 0.25) is 0 Å². The quantitative estimate of drug-likeness (QED) is 0.734. The van der Waals surface area contributed by atoms with E-state index < -0.39 is 0 Å². The topological polar surface area (TPSA) is 44.1 Å². The van der Waals surface area contributed by atoms with Gasteiger partial charge in [-0.1, -0.05) is 48.5 Å². The molecule has 1 aromatic heterocycles. The van der Waals surface area contributed by atoms with Crippen LogP contribution >= 0.6 is 0 Å². The summed E-state index contributed by atoms with van der Waals surface area (Å²) in [6, 6.07) is 19.5. The SMILES string of the molecule is Cc1cc(C)n(C(=O)COc2ccccc2-c2ccccc2)n1. The molecule has 0 atom stereocenters. The summed E-state index contributed by atoms with van der Waals surface area (Å²) < 4.78 is 7.15. The highest BCUT2D eigenvalue weighted by molar-refractivity contribution is 5.80. The summed E-state index contributed by atoms with van der Waals surface area (Å²) in [6.45, 7) is 3.67. The molecule has 116 valence electrons. The van der Waals surface area contributed by atoms with Crippen molar-refractivity contribution in [2.45, 2.75) is 13.8 Å². The number of ether oxygens (including phenoxy) is 1. The molecular formula is C19H18N2O2. The van der Waals surface area contributed by atoms with Gasteiger partial charge in [-0.3, -0.25) is 4.79 Å². The number of benzene rings is 2. The van der Waals surface area contributed by atoms with Crippen LogP contribution in [0.1, 0.15) is 16.2 Å². The molecule has 0 saturated carbocycles. The van der Waals surface area contributed by atoms with Crippen molar-refractivity contribution < 1.29 is 9.53 Å². The largest absolute Gasteiger partial charge is 0.483 e. The maximum absolute atomic E-state index is 12.3. The number of carbonyl (C=O) groups excluding carboxylic acids is 1. The average molecular weight is 306 g/mol. The van der Waals surface area contributed by atoms with Gasteiger partial charge in [-0.2, -0.15) is 5.10 Å². The Morgan fingerprint density at radius 1 is 1.04 bits per heavy atom. The van der Waals surface area contributed by atoms with Crippen LogP contribution in [-0.2, 0) is 0 Å². The molecular weight excluding hydrogens is 288 g/mol. The van der Waals surface area contributed by atoms with Gasteiger partial charge >= 0.3 is 0 Å². The van der Waals surface area contributed by atoms with Gasteiger partial charge in [0.25, 0.3) is 5.91 Å². The minimum Gasteiger partial charge on any atom is -0.483 e. The van der Waals surface area contributed by atoms with Crippen molar-refractivity contribution in [3.8, 4) is 16.9 Å². The zero-order valence-corrected chi connectivity index (χ0v) is 13.2. The zero-order valence-electron chi connectivity index (χ0n) is 13.2. The predicted octanol–water partition coefficient (Wildman–Crippen LogP) is 3.89. The summed E-state index contributed by atoms with van der Waals surface area (Å²) >= 11 is 0. The molecule has 0 spiro atoms. The molecule has 0 radical (unpaired) electrons. The lowest BCUT2D eigenvalue weighted by molar-refractivity contribution is 0.0818. The van der Waals surface area contributed by atoms with E-state index in [0.29, 0.717) is 5.75 Å². The maximum Gasteiger partial charge on any atom is 0.284 e. The molecule has 23 heavy (non-hydrogen) atoms. The van der Waals surface area contributed by atoms with Crippen molar-refractivity contribution in [3.05, 3.63) is 72.1 Å². The molecule has 0 fully saturated rings. The van der Waals surface area contributed by atoms with Gasteiger partial charge in [0.05, 0.1) is 5.69 Å². The van der Waals surface area contributed by atoms with E-state index in [1.807, 2.05) is 74.5 Å². The van der Waals surface area contributed by atoms with Crippen LogP contribution in [0.4, 0.5) is 0 Å². The van der Waals surface area contributed by atoms with Gasteiger partial charge in [-0.15, -0.1) is 0 Å². The molecule has 0 saturated heterocycles. The van der Waals surface area contributed by atoms with Crippen molar-refractivity contribution in [3.63, 3.8) is 0 Å². The zero-order chi connectivity index (χ0) is 16.2. The number of nitrogens with zero attached hydrogens (tertiary/aromatic N) is 2. The predicted molar refractivity (Wildman–Crippen MR) is 89.7 cm³/mol. The van der Waals surface area contributed by atoms with Gasteiger partial charge in [-0.05, 0) is 31.5 Å². The van der Waals surface area contributed by atoms with E-state index in [9.17, 15) is 4.79 Å². The van der Waals surface area contributed by atoms with E-state index in [4.69, 9.17) is 4.74 Å². The molecule has 0 aliphatic carbocycles. The van der Waals surface area contributed by atoms with Crippen LogP contribution in [-0.4, -0.2) is 22.3 Å². The molecule has 0 unspecified atom stereocenters. The van der Waals surface area contributed by atoms with Gasteiger partial charge in [-0.25, -0.2) is 4.68 Å². The first-order chi connectivity index (χ1) is 11.1. The second-order valence-corrected chi connectivity index (χ2v) is 5.38. The van der Waals surface area contributed by atoms with Crippen molar-refractivity contribution >= 4 is 5.91 Å². The normalized spacial score (nSPS) is 10.5. The molecule has 0 aliphatic rings. The molecule has 1 heterocycles. The number of rotatable bonds is 4. The molecule has 2 aromatic carbocycles. The summed E-state index contributed by atoms with van der Waals surface area (Å²) in [6.07, 6.45) is 0. The third-order valence-corrected chi connectivity index (χ3v) is 3.57. The summed E-state index contributed by atoms with van der Waals surface area (Å²) in [5.41, 5.74) is 3.66. The fraction of sp³-hybridized carbons (Fsp3) is 0.158. The lowest BCUT2D eigenvalue weighted by atomic mass is 10.1. The number of aromatic nitrogens is 2. The van der Waals surface area contributed by atoms with Gasteiger partial charge in [0.2, 0.25) is 0 Å². The first kappa shape index (κ1) is 15.0. The number of para-hydroxylation sites is 1. The Balaban J connectivity index is 1.79. The van der Waals surface area contributed by atoms with Crippen LogP contribution in [0, 0.1) is 13.8 Å². The van der Waals surface area contributed by atoms with Crippen LogP contribution in [0.15, 0.2) is 60.7 Å². The van der Waals surface area contributed by atoms with E-state index in [2.05, 4.69) is 5.10 Å². The summed E-state index contributed by atoms with van der Waals surface area (Å²) in [4.78, 5) is 12.3. The minimum atomic E-state index is -0.182. The summed E-state index contributed by atoms with van der Waals surface area (Å²) in [7, 11) is 0. The summed E-state index contributed by atoms with van der Waals surface area (Å²) in [5.74, 6) is 0.507. The minimum absolute atomic E-state index is 0.0498. The Morgan fingerprint density at radius 3 is 2.43 bits per heavy atom. The lowest BCUT2D eigenvalue weighted by Gasteiger charge is -2.11. The van der Waals surface area contributed by atoms with Gasteiger partial charge < -0.3 is 4.74 Å². The smallest absolute Gasteiger partial charge is 0.284 e. The fourth-order valence-corrected chi connectivity index (χ4v) is 2.53. The second-order valence-electron chi connectivity index (χ2n) is 5.38. The molecule has 0 bridgehead atoms.